The van der Waals surface area contributed by atoms with E-state index in [-0.39, 0.29) is 10.6 Å². The molecule has 8 heteroatoms. The molecule has 0 atom stereocenters. The van der Waals surface area contributed by atoms with Crippen LogP contribution < -0.4 is 14.2 Å². The lowest BCUT2D eigenvalue weighted by atomic mass is 10.1. The second-order valence-electron chi connectivity index (χ2n) is 4.50. The van der Waals surface area contributed by atoms with E-state index in [2.05, 4.69) is 4.99 Å². The average molecular weight is 282 g/mol. The number of rotatable bonds is 9. The lowest BCUT2D eigenvalue weighted by Crippen LogP contribution is -2.56. The molecule has 0 spiro atoms. The highest BCUT2D eigenvalue weighted by atomic mass is 16.5. The van der Waals surface area contributed by atoms with Crippen molar-refractivity contribution in [2.75, 3.05) is 6.54 Å². The summed E-state index contributed by atoms with van der Waals surface area (Å²) in [5.41, 5.74) is 0. The molecule has 0 bridgehead atoms. The number of unbranched alkanes of at least 4 members (excludes halogenated alkanes) is 5. The fourth-order valence-electron chi connectivity index (χ4n) is 1.91. The second-order valence-corrected chi connectivity index (χ2v) is 4.50. The SMILES string of the molecule is O=C=NCCCCCCCCc1[n+]([O-])c[n+]([O-])c[n+]1[O-]. The molecular formula is C12H18N4O4. The normalized spacial score (nSPS) is 10.2. The molecule has 0 amide bonds. The van der Waals surface area contributed by atoms with E-state index in [1.807, 2.05) is 0 Å². The number of carbonyl (C=O) groups excluding carboxylic acids is 1. The van der Waals surface area contributed by atoms with Crippen LogP contribution in [0.25, 0.3) is 0 Å². The summed E-state index contributed by atoms with van der Waals surface area (Å²) in [6.45, 7) is 0.523. The van der Waals surface area contributed by atoms with Crippen molar-refractivity contribution in [1.29, 1.82) is 0 Å². The minimum atomic E-state index is 0.0393. The minimum Gasteiger partial charge on any atom is -0.610 e. The third kappa shape index (κ3) is 5.62. The van der Waals surface area contributed by atoms with Gasteiger partial charge >= 0.3 is 18.5 Å². The fourth-order valence-corrected chi connectivity index (χ4v) is 1.91. The molecule has 0 saturated heterocycles. The van der Waals surface area contributed by atoms with E-state index in [1.54, 1.807) is 0 Å². The molecule has 0 fully saturated rings. The third-order valence-electron chi connectivity index (χ3n) is 2.93. The summed E-state index contributed by atoms with van der Waals surface area (Å²) < 4.78 is 0.820. The van der Waals surface area contributed by atoms with Crippen molar-refractivity contribution in [2.24, 2.45) is 4.99 Å². The Bertz CT molecular complexity index is 452. The lowest BCUT2D eigenvalue weighted by Gasteiger charge is -2.03. The van der Waals surface area contributed by atoms with Gasteiger partial charge in [-0.05, 0) is 12.8 Å². The molecular weight excluding hydrogens is 264 g/mol. The van der Waals surface area contributed by atoms with Gasteiger partial charge in [-0.15, -0.1) is 0 Å². The Labute approximate surface area is 116 Å². The highest BCUT2D eigenvalue weighted by Gasteiger charge is 2.20. The van der Waals surface area contributed by atoms with Gasteiger partial charge in [-0.25, -0.2) is 9.79 Å². The van der Waals surface area contributed by atoms with Gasteiger partial charge in [0, 0.05) is 0 Å². The summed E-state index contributed by atoms with van der Waals surface area (Å²) in [6.07, 6.45) is 8.95. The first kappa shape index (κ1) is 15.8. The van der Waals surface area contributed by atoms with Crippen molar-refractivity contribution < 1.29 is 19.0 Å². The lowest BCUT2D eigenvalue weighted by molar-refractivity contribution is -0.875. The van der Waals surface area contributed by atoms with Gasteiger partial charge < -0.3 is 15.6 Å². The summed E-state index contributed by atoms with van der Waals surface area (Å²) >= 11 is 0. The summed E-state index contributed by atoms with van der Waals surface area (Å²) in [5.74, 6) is 0.0393. The summed E-state index contributed by atoms with van der Waals surface area (Å²) in [5, 5.41) is 33.6. The molecule has 1 aromatic rings. The first-order valence-corrected chi connectivity index (χ1v) is 6.63. The highest BCUT2D eigenvalue weighted by molar-refractivity contribution is 5.32. The molecule has 0 aliphatic carbocycles. The van der Waals surface area contributed by atoms with Gasteiger partial charge in [0.25, 0.3) is 0 Å². The summed E-state index contributed by atoms with van der Waals surface area (Å²) in [6, 6.07) is 0. The molecule has 20 heavy (non-hydrogen) atoms. The van der Waals surface area contributed by atoms with E-state index in [1.165, 1.54) is 6.08 Å². The van der Waals surface area contributed by atoms with E-state index in [4.69, 9.17) is 0 Å². The van der Waals surface area contributed by atoms with Crippen LogP contribution >= 0.6 is 0 Å². The summed E-state index contributed by atoms with van der Waals surface area (Å²) in [7, 11) is 0. The molecule has 8 nitrogen and oxygen atoms in total. The van der Waals surface area contributed by atoms with E-state index < -0.39 is 0 Å². The molecule has 0 radical (unpaired) electrons. The van der Waals surface area contributed by atoms with Crippen LogP contribution in [-0.2, 0) is 11.2 Å². The Kier molecular flexibility index (Phi) is 6.99. The van der Waals surface area contributed by atoms with Crippen LogP contribution in [0, 0.1) is 15.6 Å². The van der Waals surface area contributed by atoms with Gasteiger partial charge in [0.15, 0.2) is 0 Å². The van der Waals surface area contributed by atoms with Crippen molar-refractivity contribution in [3.05, 3.63) is 34.1 Å². The van der Waals surface area contributed by atoms with E-state index in [0.29, 0.717) is 22.4 Å². The zero-order chi connectivity index (χ0) is 14.8. The number of aromatic nitrogens is 3. The molecule has 1 heterocycles. The van der Waals surface area contributed by atoms with E-state index >= 15 is 0 Å². The molecule has 1 aromatic heterocycles. The average Bonchev–Trinajstić information content (AvgIpc) is 2.39. The maximum absolute atomic E-state index is 11.4. The van der Waals surface area contributed by atoms with Crippen LogP contribution in [0.3, 0.4) is 0 Å². The Balaban J connectivity index is 2.17. The van der Waals surface area contributed by atoms with E-state index in [0.717, 1.165) is 51.2 Å². The topological polar surface area (TPSA) is 110 Å². The molecule has 0 unspecified atom stereocenters. The van der Waals surface area contributed by atoms with Gasteiger partial charge in [-0.1, -0.05) is 39.9 Å². The molecule has 1 rings (SSSR count). The highest BCUT2D eigenvalue weighted by Crippen LogP contribution is 2.06. The molecule has 110 valence electrons. The van der Waals surface area contributed by atoms with Crippen LogP contribution in [0.15, 0.2) is 17.6 Å². The van der Waals surface area contributed by atoms with Gasteiger partial charge in [-0.3, -0.25) is 0 Å². The van der Waals surface area contributed by atoms with Gasteiger partial charge in [0.05, 0.1) is 6.54 Å². The molecule has 0 aromatic carbocycles. The largest absolute Gasteiger partial charge is 0.610 e. The Morgan fingerprint density at radius 1 is 0.950 bits per heavy atom. The van der Waals surface area contributed by atoms with Crippen molar-refractivity contribution in [2.45, 2.75) is 44.9 Å². The maximum atomic E-state index is 11.4. The van der Waals surface area contributed by atoms with Crippen LogP contribution in [-0.4, -0.2) is 12.6 Å². The zero-order valence-corrected chi connectivity index (χ0v) is 11.2. The first-order valence-electron chi connectivity index (χ1n) is 6.63. The van der Waals surface area contributed by atoms with Crippen LogP contribution in [0.4, 0.5) is 0 Å². The Morgan fingerprint density at radius 3 is 2.10 bits per heavy atom. The maximum Gasteiger partial charge on any atom is 0.450 e. The van der Waals surface area contributed by atoms with E-state index in [9.17, 15) is 20.4 Å². The van der Waals surface area contributed by atoms with Crippen LogP contribution in [0.2, 0.25) is 0 Å². The van der Waals surface area contributed by atoms with Gasteiger partial charge in [0.2, 0.25) is 6.08 Å². The molecule has 0 aliphatic rings. The third-order valence-corrected chi connectivity index (χ3v) is 2.93. The standard InChI is InChI=1S/C12H18N4O4/c17-9-13-8-6-4-2-1-3-5-7-12-15(19)10-14(18)11-16(12)20/h10-11H,1-8H2. The predicted molar refractivity (Wildman–Crippen MR) is 67.7 cm³/mol. The number of isocyanates is 1. The monoisotopic (exact) mass is 282 g/mol. The van der Waals surface area contributed by atoms with Crippen LogP contribution in [0.1, 0.15) is 44.3 Å². The van der Waals surface area contributed by atoms with Gasteiger partial charge in [-0.2, -0.15) is 0 Å². The van der Waals surface area contributed by atoms with Crippen molar-refractivity contribution in [3.8, 4) is 0 Å². The molecule has 0 saturated carbocycles. The Hall–Kier alpha value is -2.21. The predicted octanol–water partition coefficient (Wildman–Crippen LogP) is -0.194. The minimum absolute atomic E-state index is 0.0393. The number of aliphatic imine (C=N–C) groups is 1. The number of nitrogens with zero attached hydrogens (tertiary/aromatic N) is 4. The first-order chi connectivity index (χ1) is 9.65. The van der Waals surface area contributed by atoms with Crippen molar-refractivity contribution in [1.82, 2.24) is 0 Å². The van der Waals surface area contributed by atoms with Gasteiger partial charge in [0.1, 0.15) is 6.42 Å². The number of hydrogen-bond acceptors (Lipinski definition) is 5. The zero-order valence-electron chi connectivity index (χ0n) is 11.2. The molecule has 0 aliphatic heterocycles. The van der Waals surface area contributed by atoms with Crippen molar-refractivity contribution >= 4 is 6.08 Å². The fraction of sp³-hybridized carbons (Fsp3) is 0.667. The molecule has 0 N–H and O–H groups in total. The smallest absolute Gasteiger partial charge is 0.450 e. The number of hydrogen-bond donors (Lipinski definition) is 0. The summed E-state index contributed by atoms with van der Waals surface area (Å²) in [4.78, 5) is 13.3. The Morgan fingerprint density at radius 2 is 1.50 bits per heavy atom. The van der Waals surface area contributed by atoms with Crippen LogP contribution in [0.5, 0.6) is 0 Å². The quantitative estimate of drug-likeness (QED) is 0.205. The second kappa shape index (κ2) is 8.82. The van der Waals surface area contributed by atoms with Crippen molar-refractivity contribution in [3.63, 3.8) is 0 Å².